The van der Waals surface area contributed by atoms with Crippen LogP contribution in [0, 0.1) is 12.8 Å². The number of carbonyl (C=O) groups excluding carboxylic acids is 2. The Labute approximate surface area is 163 Å². The van der Waals surface area contributed by atoms with Crippen molar-refractivity contribution in [3.8, 4) is 0 Å². The molecule has 1 saturated heterocycles. The summed E-state index contributed by atoms with van der Waals surface area (Å²) in [5.41, 5.74) is 2.41. The van der Waals surface area contributed by atoms with Gasteiger partial charge in [0.15, 0.2) is 0 Å². The molecule has 0 radical (unpaired) electrons. The van der Waals surface area contributed by atoms with E-state index in [-0.39, 0.29) is 0 Å². The van der Waals surface area contributed by atoms with Crippen LogP contribution < -0.4 is 15.5 Å². The fourth-order valence-electron chi connectivity index (χ4n) is 3.18. The zero-order valence-electron chi connectivity index (χ0n) is 15.2. The highest BCUT2D eigenvalue weighted by Gasteiger charge is 2.22. The number of benzene rings is 1. The van der Waals surface area contributed by atoms with Gasteiger partial charge in [-0.1, -0.05) is 17.7 Å². The van der Waals surface area contributed by atoms with Gasteiger partial charge in [0, 0.05) is 36.5 Å². The molecule has 1 fully saturated rings. The molecule has 0 saturated carbocycles. The van der Waals surface area contributed by atoms with Crippen molar-refractivity contribution in [2.45, 2.75) is 19.8 Å². The van der Waals surface area contributed by atoms with Crippen LogP contribution in [0.5, 0.6) is 0 Å². The number of rotatable bonds is 4. The van der Waals surface area contributed by atoms with Gasteiger partial charge in [-0.2, -0.15) is 0 Å². The van der Waals surface area contributed by atoms with Gasteiger partial charge in [-0.25, -0.2) is 0 Å². The summed E-state index contributed by atoms with van der Waals surface area (Å²) in [5, 5.41) is 5.91. The minimum Gasteiger partial charge on any atom is -0.370 e. The van der Waals surface area contributed by atoms with Gasteiger partial charge in [-0.05, 0) is 55.5 Å². The lowest BCUT2D eigenvalue weighted by Crippen LogP contribution is -2.41. The highest BCUT2D eigenvalue weighted by Crippen LogP contribution is 2.23. The largest absolute Gasteiger partial charge is 0.370 e. The number of amides is 2. The molecule has 142 valence electrons. The summed E-state index contributed by atoms with van der Waals surface area (Å²) in [4.78, 5) is 30.6. The number of piperidine rings is 1. The molecule has 2 amide bonds. The highest BCUT2D eigenvalue weighted by atomic mass is 35.5. The normalized spacial score (nSPS) is 14.7. The SMILES string of the molecule is Cc1c(Cl)cccc1NC(=O)C(=O)NCC1CCN(c2cccnc2)CC1. The predicted octanol–water partition coefficient (Wildman–Crippen LogP) is 3.01. The molecule has 1 aliphatic rings. The maximum atomic E-state index is 12.1. The molecule has 1 aromatic heterocycles. The van der Waals surface area contributed by atoms with Crippen molar-refractivity contribution in [3.63, 3.8) is 0 Å². The van der Waals surface area contributed by atoms with E-state index >= 15 is 0 Å². The average molecular weight is 387 g/mol. The van der Waals surface area contributed by atoms with Crippen molar-refractivity contribution < 1.29 is 9.59 Å². The van der Waals surface area contributed by atoms with E-state index < -0.39 is 11.8 Å². The van der Waals surface area contributed by atoms with Gasteiger partial charge in [0.2, 0.25) is 0 Å². The number of aromatic nitrogens is 1. The third-order valence-electron chi connectivity index (χ3n) is 4.90. The predicted molar refractivity (Wildman–Crippen MR) is 107 cm³/mol. The van der Waals surface area contributed by atoms with Gasteiger partial charge in [0.25, 0.3) is 0 Å². The van der Waals surface area contributed by atoms with Crippen molar-refractivity contribution in [1.82, 2.24) is 10.3 Å². The Hall–Kier alpha value is -2.60. The van der Waals surface area contributed by atoms with Crippen molar-refractivity contribution in [1.29, 1.82) is 0 Å². The first kappa shape index (κ1) is 19.2. The number of anilines is 2. The van der Waals surface area contributed by atoms with Gasteiger partial charge in [-0.15, -0.1) is 0 Å². The van der Waals surface area contributed by atoms with Crippen LogP contribution >= 0.6 is 11.6 Å². The molecule has 1 aromatic carbocycles. The fourth-order valence-corrected chi connectivity index (χ4v) is 3.35. The molecular weight excluding hydrogens is 364 g/mol. The fraction of sp³-hybridized carbons (Fsp3) is 0.350. The molecule has 3 rings (SSSR count). The average Bonchev–Trinajstić information content (AvgIpc) is 2.70. The number of nitrogens with one attached hydrogen (secondary N) is 2. The second-order valence-electron chi connectivity index (χ2n) is 6.72. The van der Waals surface area contributed by atoms with Gasteiger partial charge in [0.05, 0.1) is 11.9 Å². The first-order valence-corrected chi connectivity index (χ1v) is 9.41. The number of carbonyl (C=O) groups is 2. The van der Waals surface area contributed by atoms with E-state index in [0.717, 1.165) is 37.2 Å². The molecular formula is C20H23ClN4O2. The molecule has 7 heteroatoms. The lowest BCUT2D eigenvalue weighted by atomic mass is 9.96. The second-order valence-corrected chi connectivity index (χ2v) is 7.13. The van der Waals surface area contributed by atoms with Crippen molar-refractivity contribution in [2.75, 3.05) is 29.9 Å². The van der Waals surface area contributed by atoms with Crippen LogP contribution in [0.25, 0.3) is 0 Å². The molecule has 2 aromatic rings. The summed E-state index contributed by atoms with van der Waals surface area (Å²) < 4.78 is 0. The summed E-state index contributed by atoms with van der Waals surface area (Å²) in [6, 6.07) is 9.18. The van der Waals surface area contributed by atoms with E-state index in [1.165, 1.54) is 0 Å². The molecule has 2 N–H and O–H groups in total. The van der Waals surface area contributed by atoms with Crippen LogP contribution in [0.3, 0.4) is 0 Å². The van der Waals surface area contributed by atoms with Crippen LogP contribution in [-0.2, 0) is 9.59 Å². The van der Waals surface area contributed by atoms with E-state index in [1.54, 1.807) is 31.3 Å². The topological polar surface area (TPSA) is 74.3 Å². The Balaban J connectivity index is 1.44. The van der Waals surface area contributed by atoms with Crippen molar-refractivity contribution in [3.05, 3.63) is 53.3 Å². The minimum absolute atomic E-state index is 0.363. The van der Waals surface area contributed by atoms with Gasteiger partial charge >= 0.3 is 11.8 Å². The first-order valence-electron chi connectivity index (χ1n) is 9.04. The number of hydrogen-bond acceptors (Lipinski definition) is 4. The summed E-state index contributed by atoms with van der Waals surface area (Å²) in [6.45, 7) is 4.13. The zero-order chi connectivity index (χ0) is 19.2. The Bertz CT molecular complexity index is 805. The standard InChI is InChI=1S/C20H23ClN4O2/c1-14-17(21)5-2-6-18(14)24-20(27)19(26)23-12-15-7-10-25(11-8-15)16-4-3-9-22-13-16/h2-6,9,13,15H,7-8,10-12H2,1H3,(H,23,26)(H,24,27). The van der Waals surface area contributed by atoms with Crippen molar-refractivity contribution >= 4 is 34.8 Å². The number of pyridine rings is 1. The van der Waals surface area contributed by atoms with Crippen LogP contribution in [0.4, 0.5) is 11.4 Å². The van der Waals surface area contributed by atoms with Crippen LogP contribution in [-0.4, -0.2) is 36.4 Å². The third-order valence-corrected chi connectivity index (χ3v) is 5.31. The molecule has 0 atom stereocenters. The molecule has 2 heterocycles. The Morgan fingerprint density at radius 2 is 1.96 bits per heavy atom. The third kappa shape index (κ3) is 4.98. The molecule has 0 aliphatic carbocycles. The monoisotopic (exact) mass is 386 g/mol. The quantitative estimate of drug-likeness (QED) is 0.792. The van der Waals surface area contributed by atoms with Gasteiger partial charge in [0.1, 0.15) is 0 Å². The van der Waals surface area contributed by atoms with E-state index in [9.17, 15) is 9.59 Å². The summed E-state index contributed by atoms with van der Waals surface area (Å²) >= 11 is 6.04. The zero-order valence-corrected chi connectivity index (χ0v) is 16.0. The molecule has 0 bridgehead atoms. The van der Waals surface area contributed by atoms with E-state index in [2.05, 4.69) is 26.6 Å². The van der Waals surface area contributed by atoms with E-state index in [0.29, 0.717) is 23.2 Å². The molecule has 1 aliphatic heterocycles. The van der Waals surface area contributed by atoms with Crippen LogP contribution in [0.15, 0.2) is 42.7 Å². The number of hydrogen-bond donors (Lipinski definition) is 2. The molecule has 27 heavy (non-hydrogen) atoms. The molecule has 0 spiro atoms. The summed E-state index contributed by atoms with van der Waals surface area (Å²) in [7, 11) is 0. The van der Waals surface area contributed by atoms with Gasteiger partial charge < -0.3 is 15.5 Å². The second kappa shape index (κ2) is 8.86. The number of nitrogens with zero attached hydrogens (tertiary/aromatic N) is 2. The van der Waals surface area contributed by atoms with Crippen molar-refractivity contribution in [2.24, 2.45) is 5.92 Å². The van der Waals surface area contributed by atoms with Gasteiger partial charge in [-0.3, -0.25) is 14.6 Å². The Morgan fingerprint density at radius 1 is 1.19 bits per heavy atom. The smallest absolute Gasteiger partial charge is 0.313 e. The molecule has 0 unspecified atom stereocenters. The Kier molecular flexibility index (Phi) is 6.29. The lowest BCUT2D eigenvalue weighted by molar-refractivity contribution is -0.136. The highest BCUT2D eigenvalue weighted by molar-refractivity contribution is 6.40. The summed E-state index contributed by atoms with van der Waals surface area (Å²) in [6.07, 6.45) is 5.56. The van der Waals surface area contributed by atoms with E-state index in [1.807, 2.05) is 12.3 Å². The lowest BCUT2D eigenvalue weighted by Gasteiger charge is -2.33. The van der Waals surface area contributed by atoms with Crippen LogP contribution in [0.2, 0.25) is 5.02 Å². The minimum atomic E-state index is -0.673. The van der Waals surface area contributed by atoms with Crippen LogP contribution in [0.1, 0.15) is 18.4 Å². The summed E-state index contributed by atoms with van der Waals surface area (Å²) in [5.74, 6) is -0.931. The Morgan fingerprint density at radius 3 is 2.67 bits per heavy atom. The maximum Gasteiger partial charge on any atom is 0.313 e. The maximum absolute atomic E-state index is 12.1. The molecule has 6 nitrogen and oxygen atoms in total. The van der Waals surface area contributed by atoms with E-state index in [4.69, 9.17) is 11.6 Å². The number of halogens is 1. The first-order chi connectivity index (χ1) is 13.0.